The Hall–Kier alpha value is -2.52. The third-order valence-corrected chi connectivity index (χ3v) is 4.91. The van der Waals surface area contributed by atoms with E-state index in [4.69, 9.17) is 14.7 Å². The van der Waals surface area contributed by atoms with Crippen molar-refractivity contribution in [2.24, 2.45) is 0 Å². The van der Waals surface area contributed by atoms with E-state index in [0.717, 1.165) is 13.0 Å². The van der Waals surface area contributed by atoms with E-state index in [1.54, 1.807) is 29.5 Å². The molecule has 0 unspecified atom stereocenters. The van der Waals surface area contributed by atoms with Gasteiger partial charge in [0.05, 0.1) is 18.2 Å². The first-order chi connectivity index (χ1) is 11.7. The molecule has 0 radical (unpaired) electrons. The van der Waals surface area contributed by atoms with Gasteiger partial charge in [-0.05, 0) is 42.5 Å². The molecular formula is C18H18N2O3S. The standard InChI is InChI=1S/C18H18N2O3S/c1-2-22-16-9-13(10-19)3-4-15(16)23-12-18(21)20-7-5-17-14(11-20)6-8-24-17/h3-4,6,8-9H,2,5,7,11-12H2,1H3. The maximum absolute atomic E-state index is 12.4. The maximum atomic E-state index is 12.4. The topological polar surface area (TPSA) is 62.6 Å². The van der Waals surface area contributed by atoms with Gasteiger partial charge in [-0.2, -0.15) is 5.26 Å². The predicted octanol–water partition coefficient (Wildman–Crippen LogP) is 2.98. The molecule has 5 nitrogen and oxygen atoms in total. The molecule has 0 spiro atoms. The number of hydrogen-bond acceptors (Lipinski definition) is 5. The number of rotatable bonds is 5. The van der Waals surface area contributed by atoms with E-state index in [2.05, 4.69) is 17.5 Å². The van der Waals surface area contributed by atoms with Gasteiger partial charge in [-0.3, -0.25) is 4.79 Å². The van der Waals surface area contributed by atoms with E-state index in [9.17, 15) is 4.79 Å². The molecule has 24 heavy (non-hydrogen) atoms. The van der Waals surface area contributed by atoms with Crippen LogP contribution in [-0.4, -0.2) is 30.6 Å². The maximum Gasteiger partial charge on any atom is 0.260 e. The lowest BCUT2D eigenvalue weighted by Gasteiger charge is -2.27. The largest absolute Gasteiger partial charge is 0.490 e. The minimum Gasteiger partial charge on any atom is -0.490 e. The lowest BCUT2D eigenvalue weighted by atomic mass is 10.1. The van der Waals surface area contributed by atoms with Crippen molar-refractivity contribution in [3.05, 3.63) is 45.6 Å². The van der Waals surface area contributed by atoms with E-state index < -0.39 is 0 Å². The van der Waals surface area contributed by atoms with Gasteiger partial charge in [0.15, 0.2) is 18.1 Å². The van der Waals surface area contributed by atoms with Gasteiger partial charge in [0.1, 0.15) is 0 Å². The van der Waals surface area contributed by atoms with Crippen LogP contribution in [0.2, 0.25) is 0 Å². The zero-order valence-corrected chi connectivity index (χ0v) is 14.3. The number of thiophene rings is 1. The van der Waals surface area contributed by atoms with Crippen molar-refractivity contribution in [2.45, 2.75) is 19.9 Å². The number of carbonyl (C=O) groups excluding carboxylic acids is 1. The number of amides is 1. The second-order valence-corrected chi connectivity index (χ2v) is 6.43. The van der Waals surface area contributed by atoms with Crippen LogP contribution in [0.3, 0.4) is 0 Å². The Balaban J connectivity index is 1.63. The SMILES string of the molecule is CCOc1cc(C#N)ccc1OCC(=O)N1CCc2sccc2C1. The molecule has 0 bridgehead atoms. The molecule has 3 rings (SSSR count). The van der Waals surface area contributed by atoms with Crippen molar-refractivity contribution >= 4 is 17.2 Å². The van der Waals surface area contributed by atoms with Crippen molar-refractivity contribution in [2.75, 3.05) is 19.8 Å². The first-order valence-electron chi connectivity index (χ1n) is 7.84. The van der Waals surface area contributed by atoms with Gasteiger partial charge in [0, 0.05) is 24.0 Å². The smallest absolute Gasteiger partial charge is 0.260 e. The molecule has 2 heterocycles. The van der Waals surface area contributed by atoms with E-state index in [1.165, 1.54) is 10.4 Å². The number of carbonyl (C=O) groups is 1. The Labute approximate surface area is 145 Å². The second kappa shape index (κ2) is 7.37. The van der Waals surface area contributed by atoms with E-state index >= 15 is 0 Å². The summed E-state index contributed by atoms with van der Waals surface area (Å²) in [5, 5.41) is 11.0. The Bertz CT molecular complexity index is 779. The number of hydrogen-bond donors (Lipinski definition) is 0. The minimum atomic E-state index is -0.0429. The molecule has 124 valence electrons. The molecule has 1 aromatic heterocycles. The predicted molar refractivity (Wildman–Crippen MR) is 91.3 cm³/mol. The molecule has 0 saturated carbocycles. The molecule has 0 atom stereocenters. The normalized spacial score (nSPS) is 13.1. The van der Waals surface area contributed by atoms with Crippen LogP contribution in [0.15, 0.2) is 29.6 Å². The zero-order valence-electron chi connectivity index (χ0n) is 13.4. The first-order valence-corrected chi connectivity index (χ1v) is 8.72. The van der Waals surface area contributed by atoms with Crippen LogP contribution >= 0.6 is 11.3 Å². The molecule has 1 aliphatic heterocycles. The minimum absolute atomic E-state index is 0.0363. The second-order valence-electron chi connectivity index (χ2n) is 5.43. The summed E-state index contributed by atoms with van der Waals surface area (Å²) in [4.78, 5) is 15.6. The molecule has 6 heteroatoms. The zero-order chi connectivity index (χ0) is 16.9. The van der Waals surface area contributed by atoms with E-state index in [-0.39, 0.29) is 12.5 Å². The van der Waals surface area contributed by atoms with E-state index in [1.807, 2.05) is 11.8 Å². The number of nitrogens with zero attached hydrogens (tertiary/aromatic N) is 2. The summed E-state index contributed by atoms with van der Waals surface area (Å²) >= 11 is 1.75. The lowest BCUT2D eigenvalue weighted by molar-refractivity contribution is -0.134. The summed E-state index contributed by atoms with van der Waals surface area (Å²) in [6.07, 6.45) is 0.903. The van der Waals surface area contributed by atoms with Crippen LogP contribution in [0.25, 0.3) is 0 Å². The fraction of sp³-hybridized carbons (Fsp3) is 0.333. The summed E-state index contributed by atoms with van der Waals surface area (Å²) in [7, 11) is 0. The van der Waals surface area contributed by atoms with Gasteiger partial charge < -0.3 is 14.4 Å². The summed E-state index contributed by atoms with van der Waals surface area (Å²) in [6.45, 7) is 3.66. The fourth-order valence-electron chi connectivity index (χ4n) is 2.66. The van der Waals surface area contributed by atoms with Gasteiger partial charge in [0.2, 0.25) is 0 Å². The third kappa shape index (κ3) is 3.52. The summed E-state index contributed by atoms with van der Waals surface area (Å²) < 4.78 is 11.1. The molecule has 0 N–H and O–H groups in total. The van der Waals surface area contributed by atoms with Crippen LogP contribution in [0.1, 0.15) is 22.9 Å². The molecule has 1 amide bonds. The van der Waals surface area contributed by atoms with Crippen molar-refractivity contribution in [1.29, 1.82) is 5.26 Å². The average Bonchev–Trinajstić information content (AvgIpc) is 3.08. The quantitative estimate of drug-likeness (QED) is 0.838. The van der Waals surface area contributed by atoms with Gasteiger partial charge in [-0.1, -0.05) is 0 Å². The number of nitriles is 1. The summed E-state index contributed by atoms with van der Waals surface area (Å²) in [5.74, 6) is 0.930. The Kier molecular flexibility index (Phi) is 5.02. The highest BCUT2D eigenvalue weighted by Crippen LogP contribution is 2.29. The highest BCUT2D eigenvalue weighted by atomic mass is 32.1. The summed E-state index contributed by atoms with van der Waals surface area (Å²) in [6, 6.07) is 9.10. The monoisotopic (exact) mass is 342 g/mol. The van der Waals surface area contributed by atoms with Crippen molar-refractivity contribution in [3.8, 4) is 17.6 Å². The van der Waals surface area contributed by atoms with Crippen LogP contribution in [0.5, 0.6) is 11.5 Å². The van der Waals surface area contributed by atoms with Gasteiger partial charge >= 0.3 is 0 Å². The van der Waals surface area contributed by atoms with Gasteiger partial charge in [0.25, 0.3) is 5.91 Å². The summed E-state index contributed by atoms with van der Waals surface area (Å²) in [5.41, 5.74) is 1.73. The van der Waals surface area contributed by atoms with Crippen molar-refractivity contribution in [3.63, 3.8) is 0 Å². The molecule has 1 aromatic carbocycles. The van der Waals surface area contributed by atoms with Gasteiger partial charge in [-0.15, -0.1) is 11.3 Å². The number of benzene rings is 1. The molecule has 0 fully saturated rings. The van der Waals surface area contributed by atoms with Crippen LogP contribution in [-0.2, 0) is 17.8 Å². The van der Waals surface area contributed by atoms with E-state index in [0.29, 0.717) is 30.2 Å². The fourth-order valence-corrected chi connectivity index (χ4v) is 3.55. The highest BCUT2D eigenvalue weighted by Gasteiger charge is 2.22. The Morgan fingerprint density at radius 1 is 1.33 bits per heavy atom. The van der Waals surface area contributed by atoms with Crippen molar-refractivity contribution < 1.29 is 14.3 Å². The van der Waals surface area contributed by atoms with Crippen LogP contribution < -0.4 is 9.47 Å². The lowest BCUT2D eigenvalue weighted by Crippen LogP contribution is -2.38. The molecule has 2 aromatic rings. The molecular weight excluding hydrogens is 324 g/mol. The van der Waals surface area contributed by atoms with Crippen molar-refractivity contribution in [1.82, 2.24) is 4.90 Å². The van der Waals surface area contributed by atoms with Crippen LogP contribution in [0.4, 0.5) is 0 Å². The molecule has 1 aliphatic rings. The Morgan fingerprint density at radius 3 is 3.00 bits per heavy atom. The average molecular weight is 342 g/mol. The molecule has 0 saturated heterocycles. The highest BCUT2D eigenvalue weighted by molar-refractivity contribution is 7.10. The number of fused-ring (bicyclic) bond motifs is 1. The number of ether oxygens (including phenoxy) is 2. The van der Waals surface area contributed by atoms with Gasteiger partial charge in [-0.25, -0.2) is 0 Å². The Morgan fingerprint density at radius 2 is 2.21 bits per heavy atom. The van der Waals surface area contributed by atoms with Crippen LogP contribution in [0, 0.1) is 11.3 Å². The third-order valence-electron chi connectivity index (χ3n) is 3.88. The molecule has 0 aliphatic carbocycles. The first kappa shape index (κ1) is 16.3.